The van der Waals surface area contributed by atoms with Crippen molar-refractivity contribution in [1.29, 1.82) is 0 Å². The van der Waals surface area contributed by atoms with Crippen LogP contribution in [0.4, 0.5) is 0 Å². The van der Waals surface area contributed by atoms with Gasteiger partial charge >= 0.3 is 0 Å². The largest absolute Gasteiger partial charge is 0.368 e. The average Bonchev–Trinajstić information content (AvgIpc) is 2.89. The Bertz CT molecular complexity index is 407. The number of nitrogens with zero attached hydrogens (tertiary/aromatic N) is 1. The molecule has 19 heavy (non-hydrogen) atoms. The van der Waals surface area contributed by atoms with Crippen LogP contribution in [-0.4, -0.2) is 43.5 Å². The lowest BCUT2D eigenvalue weighted by Crippen LogP contribution is -2.41. The number of rotatable bonds is 6. The normalized spacial score (nSPS) is 21.4. The minimum Gasteiger partial charge on any atom is -0.368 e. The van der Waals surface area contributed by atoms with Gasteiger partial charge in [-0.15, -0.1) is 0 Å². The number of amides is 1. The molecule has 1 aliphatic rings. The summed E-state index contributed by atoms with van der Waals surface area (Å²) in [4.78, 5) is 13.6. The van der Waals surface area contributed by atoms with E-state index in [-0.39, 0.29) is 11.9 Å². The maximum atomic E-state index is 11.2. The first-order chi connectivity index (χ1) is 9.20. The van der Waals surface area contributed by atoms with Gasteiger partial charge in [0.25, 0.3) is 0 Å². The third kappa shape index (κ3) is 3.78. The Hall–Kier alpha value is -1.39. The van der Waals surface area contributed by atoms with E-state index >= 15 is 0 Å². The Balaban J connectivity index is 1.81. The molecule has 0 bridgehead atoms. The smallest absolute Gasteiger partial charge is 0.234 e. The standard InChI is InChI=1S/C15H23N3O/c1-17-14(15(16)19)8-10-18-9-7-13(11-18)12-5-3-2-4-6-12/h2-6,13-14,17H,7-11H2,1H3,(H2,16,19). The van der Waals surface area contributed by atoms with Crippen molar-refractivity contribution in [2.75, 3.05) is 26.7 Å². The number of hydrogen-bond donors (Lipinski definition) is 2. The van der Waals surface area contributed by atoms with E-state index in [4.69, 9.17) is 5.73 Å². The Morgan fingerprint density at radius 2 is 2.21 bits per heavy atom. The summed E-state index contributed by atoms with van der Waals surface area (Å²) in [7, 11) is 1.78. The van der Waals surface area contributed by atoms with E-state index < -0.39 is 0 Å². The lowest BCUT2D eigenvalue weighted by molar-refractivity contribution is -0.120. The summed E-state index contributed by atoms with van der Waals surface area (Å²) in [6, 6.07) is 10.4. The molecule has 1 aliphatic heterocycles. The van der Waals surface area contributed by atoms with Gasteiger partial charge in [-0.1, -0.05) is 30.3 Å². The second kappa shape index (κ2) is 6.68. The molecule has 1 amide bonds. The first-order valence-electron chi connectivity index (χ1n) is 6.94. The summed E-state index contributed by atoms with van der Waals surface area (Å²) in [5.41, 5.74) is 6.75. The van der Waals surface area contributed by atoms with Crippen LogP contribution in [0.3, 0.4) is 0 Å². The molecule has 0 saturated carbocycles. The van der Waals surface area contributed by atoms with Crippen LogP contribution in [-0.2, 0) is 4.79 Å². The molecule has 4 heteroatoms. The summed E-state index contributed by atoms with van der Waals surface area (Å²) < 4.78 is 0. The molecule has 0 aromatic heterocycles. The van der Waals surface area contributed by atoms with E-state index in [2.05, 4.69) is 40.5 Å². The van der Waals surface area contributed by atoms with Crippen molar-refractivity contribution in [3.63, 3.8) is 0 Å². The van der Waals surface area contributed by atoms with Crippen molar-refractivity contribution < 1.29 is 4.79 Å². The molecule has 2 atom stereocenters. The summed E-state index contributed by atoms with van der Waals surface area (Å²) in [5, 5.41) is 2.97. The van der Waals surface area contributed by atoms with E-state index in [1.165, 1.54) is 12.0 Å². The second-order valence-corrected chi connectivity index (χ2v) is 5.23. The van der Waals surface area contributed by atoms with Crippen molar-refractivity contribution >= 4 is 5.91 Å². The molecule has 1 saturated heterocycles. The monoisotopic (exact) mass is 261 g/mol. The van der Waals surface area contributed by atoms with Gasteiger partial charge in [0.05, 0.1) is 6.04 Å². The topological polar surface area (TPSA) is 58.4 Å². The lowest BCUT2D eigenvalue weighted by Gasteiger charge is -2.19. The summed E-state index contributed by atoms with van der Waals surface area (Å²) in [6.45, 7) is 3.12. The number of nitrogens with two attached hydrogens (primary N) is 1. The summed E-state index contributed by atoms with van der Waals surface area (Å²) in [6.07, 6.45) is 1.98. The molecule has 3 N–H and O–H groups in total. The molecule has 1 heterocycles. The van der Waals surface area contributed by atoms with Crippen molar-refractivity contribution in [2.45, 2.75) is 24.8 Å². The molecule has 0 aliphatic carbocycles. The van der Waals surface area contributed by atoms with Crippen molar-refractivity contribution in [1.82, 2.24) is 10.2 Å². The highest BCUT2D eigenvalue weighted by Gasteiger charge is 2.24. The van der Waals surface area contributed by atoms with Crippen LogP contribution in [0, 0.1) is 0 Å². The van der Waals surface area contributed by atoms with Crippen molar-refractivity contribution in [3.8, 4) is 0 Å². The fourth-order valence-corrected chi connectivity index (χ4v) is 2.77. The Morgan fingerprint density at radius 3 is 2.84 bits per heavy atom. The predicted molar refractivity (Wildman–Crippen MR) is 76.9 cm³/mol. The molecule has 2 unspecified atom stereocenters. The third-order valence-corrected chi connectivity index (χ3v) is 3.97. The molecule has 104 valence electrons. The van der Waals surface area contributed by atoms with E-state index in [1.807, 2.05) is 0 Å². The first kappa shape index (κ1) is 14.0. The average molecular weight is 261 g/mol. The second-order valence-electron chi connectivity index (χ2n) is 5.23. The molecule has 0 spiro atoms. The quantitative estimate of drug-likeness (QED) is 0.801. The number of carbonyl (C=O) groups excluding carboxylic acids is 1. The van der Waals surface area contributed by atoms with E-state index in [0.717, 1.165) is 26.1 Å². The maximum absolute atomic E-state index is 11.2. The lowest BCUT2D eigenvalue weighted by atomic mass is 9.99. The highest BCUT2D eigenvalue weighted by molar-refractivity contribution is 5.79. The highest BCUT2D eigenvalue weighted by Crippen LogP contribution is 2.26. The van der Waals surface area contributed by atoms with Crippen LogP contribution >= 0.6 is 0 Å². The molecular weight excluding hydrogens is 238 g/mol. The van der Waals surface area contributed by atoms with Crippen molar-refractivity contribution in [2.24, 2.45) is 5.73 Å². The number of likely N-dealkylation sites (tertiary alicyclic amines) is 1. The highest BCUT2D eigenvalue weighted by atomic mass is 16.1. The third-order valence-electron chi connectivity index (χ3n) is 3.97. The van der Waals surface area contributed by atoms with Crippen LogP contribution in [0.2, 0.25) is 0 Å². The van der Waals surface area contributed by atoms with Gasteiger partial charge in [-0.3, -0.25) is 4.79 Å². The molecule has 1 aromatic carbocycles. The minimum absolute atomic E-state index is 0.212. The molecule has 1 fully saturated rings. The van der Waals surface area contributed by atoms with Gasteiger partial charge in [0.2, 0.25) is 5.91 Å². The SMILES string of the molecule is CNC(CCN1CCC(c2ccccc2)C1)C(N)=O. The number of benzene rings is 1. The maximum Gasteiger partial charge on any atom is 0.234 e. The molecule has 2 rings (SSSR count). The summed E-state index contributed by atoms with van der Waals surface area (Å²) in [5.74, 6) is 0.365. The minimum atomic E-state index is -0.263. The summed E-state index contributed by atoms with van der Waals surface area (Å²) >= 11 is 0. The Morgan fingerprint density at radius 1 is 1.47 bits per heavy atom. The van der Waals surface area contributed by atoms with Gasteiger partial charge in [-0.25, -0.2) is 0 Å². The fourth-order valence-electron chi connectivity index (χ4n) is 2.77. The van der Waals surface area contributed by atoms with E-state index in [1.54, 1.807) is 7.05 Å². The van der Waals surface area contributed by atoms with Crippen LogP contribution in [0.15, 0.2) is 30.3 Å². The number of primary amides is 1. The van der Waals surface area contributed by atoms with Gasteiger partial charge in [-0.2, -0.15) is 0 Å². The molecule has 4 nitrogen and oxygen atoms in total. The predicted octanol–water partition coefficient (Wildman–Crippen LogP) is 0.939. The zero-order chi connectivity index (χ0) is 13.7. The number of hydrogen-bond acceptors (Lipinski definition) is 3. The fraction of sp³-hybridized carbons (Fsp3) is 0.533. The van der Waals surface area contributed by atoms with E-state index in [9.17, 15) is 4.79 Å². The molecular formula is C15H23N3O. The van der Waals surface area contributed by atoms with Crippen molar-refractivity contribution in [3.05, 3.63) is 35.9 Å². The Kier molecular flexibility index (Phi) is 4.93. The Labute approximate surface area is 115 Å². The first-order valence-corrected chi connectivity index (χ1v) is 6.94. The van der Waals surface area contributed by atoms with Gasteiger partial charge < -0.3 is 16.0 Å². The van der Waals surface area contributed by atoms with Crippen LogP contribution in [0.5, 0.6) is 0 Å². The van der Waals surface area contributed by atoms with Crippen LogP contribution < -0.4 is 11.1 Å². The van der Waals surface area contributed by atoms with Gasteiger partial charge in [0.1, 0.15) is 0 Å². The zero-order valence-corrected chi connectivity index (χ0v) is 11.5. The molecule has 0 radical (unpaired) electrons. The van der Waals surface area contributed by atoms with E-state index in [0.29, 0.717) is 5.92 Å². The van der Waals surface area contributed by atoms with Gasteiger partial charge in [0.15, 0.2) is 0 Å². The van der Waals surface area contributed by atoms with Crippen LogP contribution in [0.1, 0.15) is 24.3 Å². The van der Waals surface area contributed by atoms with Gasteiger partial charge in [0, 0.05) is 13.1 Å². The van der Waals surface area contributed by atoms with Gasteiger partial charge in [-0.05, 0) is 37.9 Å². The number of nitrogens with one attached hydrogen (secondary N) is 1. The zero-order valence-electron chi connectivity index (χ0n) is 11.5. The number of carbonyl (C=O) groups is 1. The molecule has 1 aromatic rings. The number of likely N-dealkylation sites (N-methyl/N-ethyl adjacent to an activating group) is 1. The van der Waals surface area contributed by atoms with Crippen LogP contribution in [0.25, 0.3) is 0 Å².